The zero-order valence-electron chi connectivity index (χ0n) is 14.1. The molecule has 5 nitrogen and oxygen atoms in total. The maximum Gasteiger partial charge on any atom is 0.255 e. The second kappa shape index (κ2) is 7.45. The van der Waals surface area contributed by atoms with Crippen LogP contribution in [0.2, 0.25) is 0 Å². The highest BCUT2D eigenvalue weighted by molar-refractivity contribution is 5.94. The van der Waals surface area contributed by atoms with Gasteiger partial charge in [0, 0.05) is 25.5 Å². The van der Waals surface area contributed by atoms with Crippen LogP contribution in [0.15, 0.2) is 59.7 Å². The maximum absolute atomic E-state index is 14.4. The minimum Gasteiger partial charge on any atom is -0.329 e. The second-order valence-corrected chi connectivity index (χ2v) is 5.80. The van der Waals surface area contributed by atoms with Gasteiger partial charge in [-0.05, 0) is 35.9 Å². The number of benzene rings is 1. The molecule has 3 aromatic rings. The molecule has 0 unspecified atom stereocenters. The second-order valence-electron chi connectivity index (χ2n) is 5.80. The molecule has 0 aliphatic heterocycles. The molecule has 27 heavy (non-hydrogen) atoms. The lowest BCUT2D eigenvalue weighted by atomic mass is 10.00. The third kappa shape index (κ3) is 3.74. The van der Waals surface area contributed by atoms with Gasteiger partial charge in [0.05, 0.1) is 5.56 Å². The summed E-state index contributed by atoms with van der Waals surface area (Å²) in [5, 5.41) is 0. The van der Waals surface area contributed by atoms with Crippen LogP contribution in [0.1, 0.15) is 27.7 Å². The quantitative estimate of drug-likeness (QED) is 0.765. The van der Waals surface area contributed by atoms with Gasteiger partial charge >= 0.3 is 0 Å². The van der Waals surface area contributed by atoms with E-state index < -0.39 is 29.4 Å². The Morgan fingerprint density at radius 2 is 1.85 bits per heavy atom. The number of amides is 1. The lowest BCUT2D eigenvalue weighted by Crippen LogP contribution is -2.33. The van der Waals surface area contributed by atoms with E-state index in [0.717, 1.165) is 23.1 Å². The number of nitrogens with one attached hydrogen (secondary N) is 1. The predicted octanol–water partition coefficient (Wildman–Crippen LogP) is 3.05. The summed E-state index contributed by atoms with van der Waals surface area (Å²) in [5.41, 5.74) is -0.223. The molecule has 0 aliphatic carbocycles. The third-order valence-electron chi connectivity index (χ3n) is 4.04. The maximum atomic E-state index is 14.4. The molecule has 1 amide bonds. The Bertz CT molecular complexity index is 1030. The summed E-state index contributed by atoms with van der Waals surface area (Å²) in [6, 6.07) is 6.97. The normalized spacial score (nSPS) is 11.9. The van der Waals surface area contributed by atoms with Crippen LogP contribution < -0.4 is 5.56 Å². The SMILES string of the molecule is CN(C(=O)c1ccc(=O)[nH]c1)[C@@H](c1ccc(F)c(F)c1)c1ncccc1F. The van der Waals surface area contributed by atoms with Crippen molar-refractivity contribution in [1.82, 2.24) is 14.9 Å². The van der Waals surface area contributed by atoms with Crippen molar-refractivity contribution < 1.29 is 18.0 Å². The molecule has 2 heterocycles. The van der Waals surface area contributed by atoms with E-state index in [0.29, 0.717) is 0 Å². The van der Waals surface area contributed by atoms with Crippen LogP contribution in [-0.2, 0) is 0 Å². The van der Waals surface area contributed by atoms with Crippen LogP contribution in [0.3, 0.4) is 0 Å². The van der Waals surface area contributed by atoms with E-state index in [4.69, 9.17) is 0 Å². The van der Waals surface area contributed by atoms with E-state index in [-0.39, 0.29) is 22.4 Å². The van der Waals surface area contributed by atoms with Gasteiger partial charge in [0.15, 0.2) is 11.6 Å². The van der Waals surface area contributed by atoms with E-state index >= 15 is 0 Å². The van der Waals surface area contributed by atoms with Gasteiger partial charge in [0.2, 0.25) is 5.56 Å². The third-order valence-corrected chi connectivity index (χ3v) is 4.04. The fraction of sp³-hybridized carbons (Fsp3) is 0.105. The highest BCUT2D eigenvalue weighted by Gasteiger charge is 2.28. The predicted molar refractivity (Wildman–Crippen MR) is 91.6 cm³/mol. The van der Waals surface area contributed by atoms with Crippen molar-refractivity contribution in [2.45, 2.75) is 6.04 Å². The standard InChI is InChI=1S/C19H14F3N3O2/c1-25(19(27)12-5-7-16(26)24-10-12)18(17-14(21)3-2-8-23-17)11-4-6-13(20)15(22)9-11/h2-10,18H,1H3,(H,24,26)/t18-/m0/s1. The zero-order valence-corrected chi connectivity index (χ0v) is 14.1. The number of H-pyrrole nitrogens is 1. The number of aromatic amines is 1. The fourth-order valence-corrected chi connectivity index (χ4v) is 2.71. The molecule has 0 spiro atoms. The topological polar surface area (TPSA) is 66.1 Å². The summed E-state index contributed by atoms with van der Waals surface area (Å²) in [6.45, 7) is 0. The first-order valence-corrected chi connectivity index (χ1v) is 7.89. The van der Waals surface area contributed by atoms with Crippen molar-refractivity contribution in [3.63, 3.8) is 0 Å². The minimum absolute atomic E-state index is 0.121. The highest BCUT2D eigenvalue weighted by Crippen LogP contribution is 2.30. The van der Waals surface area contributed by atoms with Crippen molar-refractivity contribution in [2.75, 3.05) is 7.05 Å². The van der Waals surface area contributed by atoms with Crippen molar-refractivity contribution in [2.24, 2.45) is 0 Å². The van der Waals surface area contributed by atoms with Gasteiger partial charge < -0.3 is 9.88 Å². The molecule has 138 valence electrons. The Morgan fingerprint density at radius 3 is 2.48 bits per heavy atom. The molecular weight excluding hydrogens is 359 g/mol. The minimum atomic E-state index is -1.13. The molecule has 8 heteroatoms. The number of hydrogen-bond acceptors (Lipinski definition) is 3. The summed E-state index contributed by atoms with van der Waals surface area (Å²) in [5.74, 6) is -3.45. The van der Waals surface area contributed by atoms with Crippen LogP contribution in [0, 0.1) is 17.5 Å². The van der Waals surface area contributed by atoms with Gasteiger partial charge in [0.25, 0.3) is 5.91 Å². The van der Waals surface area contributed by atoms with Crippen LogP contribution in [-0.4, -0.2) is 27.8 Å². The molecule has 1 aromatic carbocycles. The molecule has 0 bridgehead atoms. The Balaban J connectivity index is 2.10. The Morgan fingerprint density at radius 1 is 1.07 bits per heavy atom. The van der Waals surface area contributed by atoms with Gasteiger partial charge in [-0.1, -0.05) is 6.07 Å². The Kier molecular flexibility index (Phi) is 5.07. The van der Waals surface area contributed by atoms with E-state index in [1.165, 1.54) is 43.7 Å². The molecule has 1 N–H and O–H groups in total. The zero-order chi connectivity index (χ0) is 19.6. The summed E-state index contributed by atoms with van der Waals surface area (Å²) in [4.78, 5) is 31.5. The number of rotatable bonds is 4. The number of hydrogen-bond donors (Lipinski definition) is 1. The molecule has 0 radical (unpaired) electrons. The molecule has 0 aliphatic rings. The number of nitrogens with zero attached hydrogens (tertiary/aromatic N) is 2. The summed E-state index contributed by atoms with van der Waals surface area (Å²) >= 11 is 0. The van der Waals surface area contributed by atoms with E-state index in [2.05, 4.69) is 9.97 Å². The number of pyridine rings is 2. The largest absolute Gasteiger partial charge is 0.329 e. The molecule has 0 fully saturated rings. The van der Waals surface area contributed by atoms with Gasteiger partial charge in [-0.25, -0.2) is 13.2 Å². The average Bonchev–Trinajstić information content (AvgIpc) is 2.66. The fourth-order valence-electron chi connectivity index (χ4n) is 2.71. The first kappa shape index (κ1) is 18.4. The van der Waals surface area contributed by atoms with Crippen LogP contribution >= 0.6 is 0 Å². The van der Waals surface area contributed by atoms with Crippen LogP contribution in [0.5, 0.6) is 0 Å². The number of aromatic nitrogens is 2. The number of carbonyl (C=O) groups is 1. The Labute approximate surface area is 152 Å². The van der Waals surface area contributed by atoms with Gasteiger partial charge in [0.1, 0.15) is 17.6 Å². The highest BCUT2D eigenvalue weighted by atomic mass is 19.2. The molecule has 3 rings (SSSR count). The monoisotopic (exact) mass is 373 g/mol. The molecule has 2 aromatic heterocycles. The first-order chi connectivity index (χ1) is 12.9. The van der Waals surface area contributed by atoms with Crippen LogP contribution in [0.4, 0.5) is 13.2 Å². The average molecular weight is 373 g/mol. The van der Waals surface area contributed by atoms with Crippen molar-refractivity contribution in [1.29, 1.82) is 0 Å². The van der Waals surface area contributed by atoms with E-state index in [1.807, 2.05) is 0 Å². The summed E-state index contributed by atoms with van der Waals surface area (Å²) < 4.78 is 41.5. The first-order valence-electron chi connectivity index (χ1n) is 7.89. The van der Waals surface area contributed by atoms with Crippen molar-refractivity contribution in [3.05, 3.63) is 99.5 Å². The van der Waals surface area contributed by atoms with Crippen molar-refractivity contribution >= 4 is 5.91 Å². The number of carbonyl (C=O) groups excluding carboxylic acids is 1. The lowest BCUT2D eigenvalue weighted by molar-refractivity contribution is 0.0749. The smallest absolute Gasteiger partial charge is 0.255 e. The molecular formula is C19H14F3N3O2. The molecule has 0 saturated carbocycles. The van der Waals surface area contributed by atoms with Crippen LogP contribution in [0.25, 0.3) is 0 Å². The Hall–Kier alpha value is -3.42. The van der Waals surface area contributed by atoms with Gasteiger partial charge in [-0.2, -0.15) is 0 Å². The summed E-state index contributed by atoms with van der Waals surface area (Å²) in [6.07, 6.45) is 2.56. The van der Waals surface area contributed by atoms with Gasteiger partial charge in [-0.3, -0.25) is 14.6 Å². The van der Waals surface area contributed by atoms with Crippen molar-refractivity contribution in [3.8, 4) is 0 Å². The van der Waals surface area contributed by atoms with Gasteiger partial charge in [-0.15, -0.1) is 0 Å². The van der Waals surface area contributed by atoms with E-state index in [1.54, 1.807) is 0 Å². The lowest BCUT2D eigenvalue weighted by Gasteiger charge is -2.28. The molecule has 1 atom stereocenters. The summed E-state index contributed by atoms with van der Waals surface area (Å²) in [7, 11) is 1.38. The van der Waals surface area contributed by atoms with E-state index in [9.17, 15) is 22.8 Å². The number of halogens is 3. The molecule has 0 saturated heterocycles.